The van der Waals surface area contributed by atoms with Gasteiger partial charge in [-0.2, -0.15) is 0 Å². The van der Waals surface area contributed by atoms with Gasteiger partial charge in [-0.15, -0.1) is 12.4 Å². The van der Waals surface area contributed by atoms with Gasteiger partial charge < -0.3 is 15.6 Å². The second-order valence-electron chi connectivity index (χ2n) is 2.65. The van der Waals surface area contributed by atoms with Crippen molar-refractivity contribution in [3.63, 3.8) is 0 Å². The summed E-state index contributed by atoms with van der Waals surface area (Å²) in [5, 5.41) is 8.80. The molecule has 0 radical (unpaired) electrons. The molecule has 0 saturated carbocycles. The Kier molecular flexibility index (Phi) is 5.45. The van der Waals surface area contributed by atoms with Gasteiger partial charge in [0.25, 0.3) is 0 Å². The van der Waals surface area contributed by atoms with Gasteiger partial charge in [0.05, 0.1) is 19.8 Å². The van der Waals surface area contributed by atoms with E-state index in [1.165, 1.54) is 19.2 Å². The first-order chi connectivity index (χ1) is 6.20. The lowest BCUT2D eigenvalue weighted by Gasteiger charge is -2.13. The highest BCUT2D eigenvalue weighted by molar-refractivity contribution is 5.85. The summed E-state index contributed by atoms with van der Waals surface area (Å²) >= 11 is 0. The van der Waals surface area contributed by atoms with Crippen LogP contribution in [0.2, 0.25) is 0 Å². The van der Waals surface area contributed by atoms with Crippen molar-refractivity contribution in [2.24, 2.45) is 5.73 Å². The molecule has 0 saturated heterocycles. The second-order valence-corrected chi connectivity index (χ2v) is 2.65. The van der Waals surface area contributed by atoms with Gasteiger partial charge in [0.15, 0.2) is 11.6 Å². The summed E-state index contributed by atoms with van der Waals surface area (Å²) in [6.45, 7) is -0.236. The number of halogens is 2. The van der Waals surface area contributed by atoms with Crippen LogP contribution in [0.4, 0.5) is 4.39 Å². The van der Waals surface area contributed by atoms with Gasteiger partial charge in [-0.05, 0) is 6.07 Å². The summed E-state index contributed by atoms with van der Waals surface area (Å²) in [5.74, 6) is -0.368. The van der Waals surface area contributed by atoms with Crippen LogP contribution < -0.4 is 10.5 Å². The van der Waals surface area contributed by atoms with E-state index in [-0.39, 0.29) is 24.8 Å². The highest BCUT2D eigenvalue weighted by Crippen LogP contribution is 2.26. The molecule has 80 valence electrons. The van der Waals surface area contributed by atoms with Crippen LogP contribution in [0.5, 0.6) is 5.75 Å². The quantitative estimate of drug-likeness (QED) is 0.808. The Morgan fingerprint density at radius 1 is 1.57 bits per heavy atom. The molecule has 0 amide bonds. The Hall–Kier alpha value is -0.840. The molecular weight excluding hydrogens is 209 g/mol. The summed E-state index contributed by atoms with van der Waals surface area (Å²) in [6, 6.07) is 3.84. The van der Waals surface area contributed by atoms with E-state index in [0.717, 1.165) is 0 Å². The van der Waals surface area contributed by atoms with Crippen LogP contribution >= 0.6 is 12.4 Å². The first kappa shape index (κ1) is 13.2. The van der Waals surface area contributed by atoms with E-state index in [0.29, 0.717) is 5.56 Å². The topological polar surface area (TPSA) is 55.5 Å². The molecule has 0 unspecified atom stereocenters. The summed E-state index contributed by atoms with van der Waals surface area (Å²) in [7, 11) is 1.37. The van der Waals surface area contributed by atoms with Gasteiger partial charge in [-0.1, -0.05) is 12.1 Å². The number of nitrogens with two attached hydrogens (primary N) is 1. The number of hydrogen-bond donors (Lipinski definition) is 2. The predicted molar refractivity (Wildman–Crippen MR) is 54.2 cm³/mol. The number of ether oxygens (including phenoxy) is 1. The van der Waals surface area contributed by atoms with Crippen molar-refractivity contribution in [1.82, 2.24) is 0 Å². The minimum Gasteiger partial charge on any atom is -0.493 e. The number of hydrogen-bond acceptors (Lipinski definition) is 3. The van der Waals surface area contributed by atoms with E-state index < -0.39 is 11.9 Å². The molecule has 0 heterocycles. The third-order valence-electron chi connectivity index (χ3n) is 1.80. The van der Waals surface area contributed by atoms with E-state index in [4.69, 9.17) is 15.6 Å². The molecule has 0 aliphatic carbocycles. The maximum Gasteiger partial charge on any atom is 0.165 e. The van der Waals surface area contributed by atoms with E-state index in [1.807, 2.05) is 0 Å². The average Bonchev–Trinajstić information content (AvgIpc) is 2.16. The SMILES string of the molecule is COc1c(F)cccc1[C@@H](N)CO.Cl. The highest BCUT2D eigenvalue weighted by Gasteiger charge is 2.13. The highest BCUT2D eigenvalue weighted by atomic mass is 35.5. The van der Waals surface area contributed by atoms with Crippen LogP contribution in [0.1, 0.15) is 11.6 Å². The van der Waals surface area contributed by atoms with Crippen LogP contribution in [0.15, 0.2) is 18.2 Å². The average molecular weight is 222 g/mol. The Labute approximate surface area is 88.1 Å². The van der Waals surface area contributed by atoms with Crippen LogP contribution in [0.25, 0.3) is 0 Å². The van der Waals surface area contributed by atoms with Crippen molar-refractivity contribution < 1.29 is 14.2 Å². The molecule has 0 aliphatic heterocycles. The molecular formula is C9H13ClFNO2. The first-order valence-corrected chi connectivity index (χ1v) is 3.89. The molecule has 1 rings (SSSR count). The van der Waals surface area contributed by atoms with Crippen molar-refractivity contribution in [2.75, 3.05) is 13.7 Å². The normalized spacial score (nSPS) is 11.7. The predicted octanol–water partition coefficient (Wildman–Crippen LogP) is 1.25. The van der Waals surface area contributed by atoms with Crippen molar-refractivity contribution in [3.8, 4) is 5.75 Å². The molecule has 0 spiro atoms. The smallest absolute Gasteiger partial charge is 0.165 e. The van der Waals surface area contributed by atoms with Crippen LogP contribution in [-0.2, 0) is 0 Å². The van der Waals surface area contributed by atoms with Crippen molar-refractivity contribution in [2.45, 2.75) is 6.04 Å². The number of para-hydroxylation sites is 1. The monoisotopic (exact) mass is 221 g/mol. The standard InChI is InChI=1S/C9H12FNO2.ClH/c1-13-9-6(8(11)5-12)3-2-4-7(9)10;/h2-4,8,12H,5,11H2,1H3;1H/t8-;/m0./s1. The summed E-state index contributed by atoms with van der Waals surface area (Å²) in [6.07, 6.45) is 0. The molecule has 0 fully saturated rings. The van der Waals surface area contributed by atoms with E-state index >= 15 is 0 Å². The zero-order chi connectivity index (χ0) is 9.84. The van der Waals surface area contributed by atoms with E-state index in [1.54, 1.807) is 6.07 Å². The number of rotatable bonds is 3. The molecule has 0 aromatic heterocycles. The number of aliphatic hydroxyl groups is 1. The van der Waals surface area contributed by atoms with Crippen LogP contribution in [0, 0.1) is 5.82 Å². The van der Waals surface area contributed by atoms with Gasteiger partial charge in [0.1, 0.15) is 0 Å². The summed E-state index contributed by atoms with van der Waals surface area (Å²) in [4.78, 5) is 0. The van der Waals surface area contributed by atoms with Gasteiger partial charge in [0, 0.05) is 5.56 Å². The van der Waals surface area contributed by atoms with Gasteiger partial charge in [0.2, 0.25) is 0 Å². The number of methoxy groups -OCH3 is 1. The molecule has 0 aliphatic rings. The Balaban J connectivity index is 0.00000169. The Morgan fingerprint density at radius 3 is 2.71 bits per heavy atom. The van der Waals surface area contributed by atoms with Crippen molar-refractivity contribution in [1.29, 1.82) is 0 Å². The fourth-order valence-electron chi connectivity index (χ4n) is 1.13. The lowest BCUT2D eigenvalue weighted by Crippen LogP contribution is -2.15. The zero-order valence-electron chi connectivity index (χ0n) is 7.74. The van der Waals surface area contributed by atoms with E-state index in [9.17, 15) is 4.39 Å². The van der Waals surface area contributed by atoms with Crippen molar-refractivity contribution in [3.05, 3.63) is 29.6 Å². The minimum atomic E-state index is -0.606. The fraction of sp³-hybridized carbons (Fsp3) is 0.333. The van der Waals surface area contributed by atoms with Gasteiger partial charge in [-0.3, -0.25) is 0 Å². The second kappa shape index (κ2) is 5.80. The van der Waals surface area contributed by atoms with Crippen LogP contribution in [-0.4, -0.2) is 18.8 Å². The molecule has 1 aromatic rings. The molecule has 14 heavy (non-hydrogen) atoms. The lowest BCUT2D eigenvalue weighted by atomic mass is 10.1. The number of aliphatic hydroxyl groups excluding tert-OH is 1. The molecule has 3 N–H and O–H groups in total. The zero-order valence-corrected chi connectivity index (χ0v) is 8.55. The minimum absolute atomic E-state index is 0. The van der Waals surface area contributed by atoms with Gasteiger partial charge in [-0.25, -0.2) is 4.39 Å². The summed E-state index contributed by atoms with van der Waals surface area (Å²) in [5.41, 5.74) is 6.02. The molecule has 0 bridgehead atoms. The lowest BCUT2D eigenvalue weighted by molar-refractivity contribution is 0.263. The Morgan fingerprint density at radius 2 is 2.21 bits per heavy atom. The summed E-state index contributed by atoms with van der Waals surface area (Å²) < 4.78 is 17.9. The molecule has 1 aromatic carbocycles. The Bertz CT molecular complexity index is 296. The third-order valence-corrected chi connectivity index (χ3v) is 1.80. The molecule has 5 heteroatoms. The van der Waals surface area contributed by atoms with E-state index in [2.05, 4.69) is 0 Å². The third kappa shape index (κ3) is 2.57. The fourth-order valence-corrected chi connectivity index (χ4v) is 1.13. The molecule has 3 nitrogen and oxygen atoms in total. The van der Waals surface area contributed by atoms with Gasteiger partial charge >= 0.3 is 0 Å². The molecule has 1 atom stereocenters. The van der Waals surface area contributed by atoms with Crippen LogP contribution in [0.3, 0.4) is 0 Å². The largest absolute Gasteiger partial charge is 0.493 e. The van der Waals surface area contributed by atoms with Crippen molar-refractivity contribution >= 4 is 12.4 Å². The number of benzene rings is 1. The maximum absolute atomic E-state index is 13.1. The first-order valence-electron chi connectivity index (χ1n) is 3.89. The maximum atomic E-state index is 13.1.